The van der Waals surface area contributed by atoms with Gasteiger partial charge in [-0.1, -0.05) is 25.1 Å². The quantitative estimate of drug-likeness (QED) is 0.909. The average molecular weight is 314 g/mol. The number of halogens is 1. The van der Waals surface area contributed by atoms with Gasteiger partial charge in [-0.25, -0.2) is 4.39 Å². The lowest BCUT2D eigenvalue weighted by Crippen LogP contribution is -2.24. The fraction of sp³-hybridized carbons (Fsp3) is 0.316. The molecule has 0 bridgehead atoms. The molecule has 122 valence electrons. The third kappa shape index (κ3) is 4.88. The van der Waals surface area contributed by atoms with Crippen LogP contribution in [0.5, 0.6) is 0 Å². The minimum Gasteiger partial charge on any atom is -0.381 e. The van der Waals surface area contributed by atoms with E-state index in [1.807, 2.05) is 6.92 Å². The van der Waals surface area contributed by atoms with Gasteiger partial charge in [-0.05, 0) is 67.8 Å². The molecule has 3 nitrogen and oxygen atoms in total. The standard InChI is InChI=1S/C16H14FNO.C3H9N/c1-11-9-12(10-18)3-8-15(11)16(2,19)13-4-6-14(17)7-5-13;1-2-3-4/h3-9,19H,1-2H3;2-4H2,1H3/t16-;/m1./s1. The molecule has 1 atom stereocenters. The van der Waals surface area contributed by atoms with E-state index < -0.39 is 5.60 Å². The van der Waals surface area contributed by atoms with E-state index in [4.69, 9.17) is 11.0 Å². The van der Waals surface area contributed by atoms with Crippen LogP contribution in [-0.2, 0) is 5.60 Å². The second-order valence-electron chi connectivity index (χ2n) is 5.51. The maximum absolute atomic E-state index is 12.9. The van der Waals surface area contributed by atoms with E-state index in [9.17, 15) is 9.50 Å². The monoisotopic (exact) mass is 314 g/mol. The van der Waals surface area contributed by atoms with E-state index in [1.54, 1.807) is 37.3 Å². The number of hydrogen-bond acceptors (Lipinski definition) is 3. The number of nitriles is 1. The van der Waals surface area contributed by atoms with Crippen LogP contribution in [0.4, 0.5) is 4.39 Å². The number of nitrogens with two attached hydrogens (primary N) is 1. The van der Waals surface area contributed by atoms with Crippen LogP contribution in [-0.4, -0.2) is 11.7 Å². The summed E-state index contributed by atoms with van der Waals surface area (Å²) >= 11 is 0. The Hall–Kier alpha value is -2.22. The second-order valence-corrected chi connectivity index (χ2v) is 5.51. The van der Waals surface area contributed by atoms with Crippen LogP contribution in [0.25, 0.3) is 0 Å². The van der Waals surface area contributed by atoms with Crippen molar-refractivity contribution in [1.29, 1.82) is 5.26 Å². The van der Waals surface area contributed by atoms with Crippen molar-refractivity contribution in [2.45, 2.75) is 32.8 Å². The highest BCUT2D eigenvalue weighted by atomic mass is 19.1. The van der Waals surface area contributed by atoms with E-state index in [1.165, 1.54) is 12.1 Å². The van der Waals surface area contributed by atoms with Crippen LogP contribution >= 0.6 is 0 Å². The molecular weight excluding hydrogens is 291 g/mol. The molecule has 2 aromatic rings. The molecule has 0 fully saturated rings. The minimum absolute atomic E-state index is 0.337. The van der Waals surface area contributed by atoms with Gasteiger partial charge in [-0.3, -0.25) is 0 Å². The van der Waals surface area contributed by atoms with Crippen molar-refractivity contribution >= 4 is 0 Å². The summed E-state index contributed by atoms with van der Waals surface area (Å²) < 4.78 is 12.9. The molecule has 2 aromatic carbocycles. The molecule has 0 aliphatic heterocycles. The van der Waals surface area contributed by atoms with Gasteiger partial charge in [0.25, 0.3) is 0 Å². The van der Waals surface area contributed by atoms with E-state index >= 15 is 0 Å². The molecule has 0 saturated heterocycles. The van der Waals surface area contributed by atoms with Crippen molar-refractivity contribution < 1.29 is 9.50 Å². The van der Waals surface area contributed by atoms with Crippen molar-refractivity contribution in [2.75, 3.05) is 6.54 Å². The Bertz CT molecular complexity index is 671. The number of hydrogen-bond donors (Lipinski definition) is 2. The molecule has 0 aromatic heterocycles. The topological polar surface area (TPSA) is 70.0 Å². The molecule has 0 radical (unpaired) electrons. The number of aliphatic hydroxyl groups is 1. The molecule has 3 N–H and O–H groups in total. The third-order valence-electron chi connectivity index (χ3n) is 3.57. The molecule has 2 rings (SSSR count). The van der Waals surface area contributed by atoms with Crippen molar-refractivity contribution in [3.8, 4) is 6.07 Å². The lowest BCUT2D eigenvalue weighted by molar-refractivity contribution is 0.101. The third-order valence-corrected chi connectivity index (χ3v) is 3.57. The zero-order valence-corrected chi connectivity index (χ0v) is 13.8. The normalized spacial score (nSPS) is 12.6. The van der Waals surface area contributed by atoms with Crippen molar-refractivity contribution in [3.05, 3.63) is 70.5 Å². The van der Waals surface area contributed by atoms with E-state index in [-0.39, 0.29) is 5.82 Å². The first-order valence-corrected chi connectivity index (χ1v) is 7.56. The number of nitrogens with zero attached hydrogens (tertiary/aromatic N) is 1. The van der Waals surface area contributed by atoms with E-state index in [0.717, 1.165) is 18.5 Å². The molecule has 0 aliphatic carbocycles. The summed E-state index contributed by atoms with van der Waals surface area (Å²) in [6.07, 6.45) is 1.10. The van der Waals surface area contributed by atoms with E-state index in [0.29, 0.717) is 16.7 Å². The van der Waals surface area contributed by atoms with Gasteiger partial charge in [0.1, 0.15) is 11.4 Å². The molecule has 0 saturated carbocycles. The molecule has 0 heterocycles. The van der Waals surface area contributed by atoms with Crippen LogP contribution < -0.4 is 5.73 Å². The predicted molar refractivity (Wildman–Crippen MR) is 90.3 cm³/mol. The van der Waals surface area contributed by atoms with Crippen molar-refractivity contribution in [1.82, 2.24) is 0 Å². The van der Waals surface area contributed by atoms with Crippen LogP contribution in [0.15, 0.2) is 42.5 Å². The molecule has 0 spiro atoms. The number of aryl methyl sites for hydroxylation is 1. The van der Waals surface area contributed by atoms with Crippen LogP contribution in [0.2, 0.25) is 0 Å². The zero-order chi connectivity index (χ0) is 17.5. The Balaban J connectivity index is 0.000000593. The molecular formula is C19H23FN2O. The van der Waals surface area contributed by atoms with Gasteiger partial charge in [0.15, 0.2) is 0 Å². The number of benzene rings is 2. The highest BCUT2D eigenvalue weighted by molar-refractivity contribution is 5.44. The first kappa shape index (κ1) is 18.8. The van der Waals surface area contributed by atoms with Crippen molar-refractivity contribution in [3.63, 3.8) is 0 Å². The summed E-state index contributed by atoms with van der Waals surface area (Å²) in [5.41, 5.74) is 6.51. The molecule has 0 aliphatic rings. The van der Waals surface area contributed by atoms with Crippen LogP contribution in [0, 0.1) is 24.1 Å². The summed E-state index contributed by atoms with van der Waals surface area (Å²) in [4.78, 5) is 0. The molecule has 4 heteroatoms. The molecule has 0 amide bonds. The highest BCUT2D eigenvalue weighted by Gasteiger charge is 2.27. The summed E-state index contributed by atoms with van der Waals surface area (Å²) in [5, 5.41) is 19.5. The van der Waals surface area contributed by atoms with Gasteiger partial charge >= 0.3 is 0 Å². The Morgan fingerprint density at radius 2 is 1.78 bits per heavy atom. The molecule has 23 heavy (non-hydrogen) atoms. The fourth-order valence-corrected chi connectivity index (χ4v) is 2.21. The minimum atomic E-state index is -1.22. The lowest BCUT2D eigenvalue weighted by Gasteiger charge is -2.26. The first-order chi connectivity index (χ1) is 10.9. The van der Waals surface area contributed by atoms with Gasteiger partial charge in [0.2, 0.25) is 0 Å². The summed E-state index contributed by atoms with van der Waals surface area (Å²) in [7, 11) is 0. The number of rotatable bonds is 3. The summed E-state index contributed by atoms with van der Waals surface area (Å²) in [6, 6.07) is 13.0. The highest BCUT2D eigenvalue weighted by Crippen LogP contribution is 2.31. The Morgan fingerprint density at radius 1 is 1.22 bits per heavy atom. The SMILES string of the molecule is CCCN.Cc1cc(C#N)ccc1[C@](C)(O)c1ccc(F)cc1. The Kier molecular flexibility index (Phi) is 6.89. The van der Waals surface area contributed by atoms with Gasteiger partial charge in [0, 0.05) is 0 Å². The smallest absolute Gasteiger partial charge is 0.123 e. The lowest BCUT2D eigenvalue weighted by atomic mass is 9.85. The fourth-order valence-electron chi connectivity index (χ4n) is 2.21. The largest absolute Gasteiger partial charge is 0.381 e. The Morgan fingerprint density at radius 3 is 2.22 bits per heavy atom. The van der Waals surface area contributed by atoms with Gasteiger partial charge in [-0.15, -0.1) is 0 Å². The van der Waals surface area contributed by atoms with Crippen LogP contribution in [0.3, 0.4) is 0 Å². The van der Waals surface area contributed by atoms with Gasteiger partial charge in [0.05, 0.1) is 11.6 Å². The maximum atomic E-state index is 12.9. The maximum Gasteiger partial charge on any atom is 0.123 e. The zero-order valence-electron chi connectivity index (χ0n) is 13.8. The molecule has 0 unspecified atom stereocenters. The predicted octanol–water partition coefficient (Wildman–Crippen LogP) is 3.62. The van der Waals surface area contributed by atoms with Crippen LogP contribution in [0.1, 0.15) is 42.5 Å². The average Bonchev–Trinajstić information content (AvgIpc) is 2.55. The van der Waals surface area contributed by atoms with Crippen molar-refractivity contribution in [2.24, 2.45) is 5.73 Å². The Labute approximate surface area is 137 Å². The second kappa shape index (κ2) is 8.42. The van der Waals surface area contributed by atoms with Gasteiger partial charge < -0.3 is 10.8 Å². The summed E-state index contributed by atoms with van der Waals surface area (Å²) in [6.45, 7) is 6.38. The van der Waals surface area contributed by atoms with Gasteiger partial charge in [-0.2, -0.15) is 5.26 Å². The summed E-state index contributed by atoms with van der Waals surface area (Å²) in [5.74, 6) is -0.337. The van der Waals surface area contributed by atoms with E-state index in [2.05, 4.69) is 13.0 Å². The first-order valence-electron chi connectivity index (χ1n) is 7.56.